The van der Waals surface area contributed by atoms with Crippen LogP contribution in [0.3, 0.4) is 0 Å². The van der Waals surface area contributed by atoms with Crippen molar-refractivity contribution in [1.29, 1.82) is 5.26 Å². The first-order chi connectivity index (χ1) is 9.60. The highest BCUT2D eigenvalue weighted by Gasteiger charge is 2.09. The van der Waals surface area contributed by atoms with Gasteiger partial charge in [-0.1, -0.05) is 19.1 Å². The van der Waals surface area contributed by atoms with E-state index in [2.05, 4.69) is 4.74 Å². The van der Waals surface area contributed by atoms with Crippen molar-refractivity contribution in [3.05, 3.63) is 35.4 Å². The average Bonchev–Trinajstić information content (AvgIpc) is 2.44. The molecule has 5 heteroatoms. The van der Waals surface area contributed by atoms with Crippen molar-refractivity contribution in [2.24, 2.45) is 0 Å². The van der Waals surface area contributed by atoms with Crippen LogP contribution < -0.4 is 4.74 Å². The number of carbonyl (C=O) groups is 2. The SMILES string of the molecule is CCCC(=O)Oc1cccc(/C=C(\C#N)C(=O)OC)c1. The van der Waals surface area contributed by atoms with Crippen LogP contribution in [0, 0.1) is 11.3 Å². The second kappa shape index (κ2) is 7.74. The smallest absolute Gasteiger partial charge is 0.348 e. The maximum absolute atomic E-state index is 11.4. The molecule has 0 aliphatic rings. The van der Waals surface area contributed by atoms with E-state index in [1.165, 1.54) is 13.2 Å². The lowest BCUT2D eigenvalue weighted by atomic mass is 10.1. The third-order valence-electron chi connectivity index (χ3n) is 2.38. The molecule has 104 valence electrons. The number of methoxy groups -OCH3 is 1. The maximum Gasteiger partial charge on any atom is 0.348 e. The zero-order valence-electron chi connectivity index (χ0n) is 11.4. The molecule has 0 atom stereocenters. The summed E-state index contributed by atoms with van der Waals surface area (Å²) in [5.74, 6) is -0.651. The van der Waals surface area contributed by atoms with Crippen LogP contribution in [-0.4, -0.2) is 19.0 Å². The molecule has 5 nitrogen and oxygen atoms in total. The molecule has 0 saturated heterocycles. The van der Waals surface area contributed by atoms with Crippen molar-refractivity contribution in [3.63, 3.8) is 0 Å². The molecule has 0 spiro atoms. The molecular formula is C15H15NO4. The van der Waals surface area contributed by atoms with Crippen molar-refractivity contribution in [2.45, 2.75) is 19.8 Å². The molecular weight excluding hydrogens is 258 g/mol. The molecule has 0 amide bonds. The van der Waals surface area contributed by atoms with Gasteiger partial charge in [-0.2, -0.15) is 5.26 Å². The first-order valence-electron chi connectivity index (χ1n) is 6.11. The van der Waals surface area contributed by atoms with Crippen LogP contribution in [0.25, 0.3) is 6.08 Å². The van der Waals surface area contributed by atoms with Crippen LogP contribution >= 0.6 is 0 Å². The molecule has 20 heavy (non-hydrogen) atoms. The summed E-state index contributed by atoms with van der Waals surface area (Å²) in [7, 11) is 1.20. The Morgan fingerprint density at radius 3 is 2.75 bits per heavy atom. The van der Waals surface area contributed by atoms with Crippen molar-refractivity contribution >= 4 is 18.0 Å². The van der Waals surface area contributed by atoms with E-state index in [0.29, 0.717) is 24.2 Å². The largest absolute Gasteiger partial charge is 0.465 e. The fraction of sp³-hybridized carbons (Fsp3) is 0.267. The quantitative estimate of drug-likeness (QED) is 0.356. The third-order valence-corrected chi connectivity index (χ3v) is 2.38. The van der Waals surface area contributed by atoms with E-state index in [4.69, 9.17) is 10.00 Å². The molecule has 0 bridgehead atoms. The van der Waals surface area contributed by atoms with Gasteiger partial charge in [-0.15, -0.1) is 0 Å². The zero-order valence-corrected chi connectivity index (χ0v) is 11.4. The van der Waals surface area contributed by atoms with Gasteiger partial charge in [-0.25, -0.2) is 4.79 Å². The van der Waals surface area contributed by atoms with Crippen molar-refractivity contribution in [3.8, 4) is 11.8 Å². The Labute approximate surface area is 117 Å². The summed E-state index contributed by atoms with van der Waals surface area (Å²) in [4.78, 5) is 22.7. The number of benzene rings is 1. The zero-order chi connectivity index (χ0) is 15.0. The van der Waals surface area contributed by atoms with Gasteiger partial charge in [-0.3, -0.25) is 4.79 Å². The third kappa shape index (κ3) is 4.58. The van der Waals surface area contributed by atoms with Crippen LogP contribution in [0.2, 0.25) is 0 Å². The highest BCUT2D eigenvalue weighted by atomic mass is 16.5. The number of hydrogen-bond donors (Lipinski definition) is 0. The van der Waals surface area contributed by atoms with Gasteiger partial charge < -0.3 is 9.47 Å². The first-order valence-corrected chi connectivity index (χ1v) is 6.11. The Kier molecular flexibility index (Phi) is 5.98. The molecule has 0 saturated carbocycles. The lowest BCUT2D eigenvalue weighted by molar-refractivity contribution is -0.136. The summed E-state index contributed by atoms with van der Waals surface area (Å²) in [6, 6.07) is 8.34. The fourth-order valence-corrected chi connectivity index (χ4v) is 1.47. The van der Waals surface area contributed by atoms with E-state index in [9.17, 15) is 9.59 Å². The molecule has 0 heterocycles. The topological polar surface area (TPSA) is 76.4 Å². The van der Waals surface area contributed by atoms with Gasteiger partial charge in [0.1, 0.15) is 17.4 Å². The number of ether oxygens (including phenoxy) is 2. The Balaban J connectivity index is 2.93. The van der Waals surface area contributed by atoms with E-state index in [1.807, 2.05) is 6.92 Å². The second-order valence-corrected chi connectivity index (χ2v) is 3.96. The summed E-state index contributed by atoms with van der Waals surface area (Å²) < 4.78 is 9.62. The predicted molar refractivity (Wildman–Crippen MR) is 72.6 cm³/mol. The number of rotatable bonds is 5. The standard InChI is InChI=1S/C15H15NO4/c1-3-5-14(17)20-13-7-4-6-11(9-13)8-12(10-16)15(18)19-2/h4,6-9H,3,5H2,1-2H3/b12-8+. The van der Waals surface area contributed by atoms with Crippen LogP contribution in [0.15, 0.2) is 29.8 Å². The highest BCUT2D eigenvalue weighted by Crippen LogP contribution is 2.17. The second-order valence-electron chi connectivity index (χ2n) is 3.96. The Bertz CT molecular complexity index is 569. The van der Waals surface area contributed by atoms with Crippen LogP contribution in [-0.2, 0) is 14.3 Å². The van der Waals surface area contributed by atoms with Crippen molar-refractivity contribution in [1.82, 2.24) is 0 Å². The van der Waals surface area contributed by atoms with Crippen LogP contribution in [0.5, 0.6) is 5.75 Å². The minimum Gasteiger partial charge on any atom is -0.465 e. The number of nitrogens with zero attached hydrogens (tertiary/aromatic N) is 1. The van der Waals surface area contributed by atoms with E-state index >= 15 is 0 Å². The monoisotopic (exact) mass is 273 g/mol. The van der Waals surface area contributed by atoms with Gasteiger partial charge in [0.25, 0.3) is 0 Å². The van der Waals surface area contributed by atoms with Gasteiger partial charge in [0.15, 0.2) is 0 Å². The lowest BCUT2D eigenvalue weighted by Gasteiger charge is -2.04. The van der Waals surface area contributed by atoms with Crippen LogP contribution in [0.4, 0.5) is 0 Å². The van der Waals surface area contributed by atoms with Crippen LogP contribution in [0.1, 0.15) is 25.3 Å². The molecule has 0 unspecified atom stereocenters. The molecule has 0 aliphatic heterocycles. The Morgan fingerprint density at radius 2 is 2.15 bits per heavy atom. The molecule has 0 N–H and O–H groups in total. The van der Waals surface area contributed by atoms with Crippen molar-refractivity contribution in [2.75, 3.05) is 7.11 Å². The first kappa shape index (κ1) is 15.4. The van der Waals surface area contributed by atoms with Gasteiger partial charge in [-0.05, 0) is 30.2 Å². The summed E-state index contributed by atoms with van der Waals surface area (Å²) in [5.41, 5.74) is 0.457. The maximum atomic E-state index is 11.4. The normalized spacial score (nSPS) is 10.6. The van der Waals surface area contributed by atoms with Gasteiger partial charge in [0.05, 0.1) is 7.11 Å². The number of carbonyl (C=O) groups excluding carboxylic acids is 2. The number of hydrogen-bond acceptors (Lipinski definition) is 5. The van der Waals surface area contributed by atoms with Gasteiger partial charge in [0, 0.05) is 6.42 Å². The molecule has 0 fully saturated rings. The molecule has 1 rings (SSSR count). The molecule has 1 aromatic carbocycles. The van der Waals surface area contributed by atoms with Gasteiger partial charge in [0.2, 0.25) is 0 Å². The summed E-state index contributed by atoms with van der Waals surface area (Å²) in [6.45, 7) is 1.88. The van der Waals surface area contributed by atoms with E-state index in [1.54, 1.807) is 30.3 Å². The summed E-state index contributed by atoms with van der Waals surface area (Å²) in [6.07, 6.45) is 2.42. The molecule has 1 aromatic rings. The fourth-order valence-electron chi connectivity index (χ4n) is 1.47. The number of nitriles is 1. The van der Waals surface area contributed by atoms with Gasteiger partial charge >= 0.3 is 11.9 Å². The van der Waals surface area contributed by atoms with E-state index < -0.39 is 5.97 Å². The molecule has 0 aliphatic carbocycles. The van der Waals surface area contributed by atoms with Crippen molar-refractivity contribution < 1.29 is 19.1 Å². The molecule has 0 aromatic heterocycles. The van der Waals surface area contributed by atoms with E-state index in [-0.39, 0.29) is 11.5 Å². The minimum atomic E-state index is -0.708. The summed E-state index contributed by atoms with van der Waals surface area (Å²) in [5, 5.41) is 8.87. The summed E-state index contributed by atoms with van der Waals surface area (Å²) >= 11 is 0. The highest BCUT2D eigenvalue weighted by molar-refractivity contribution is 5.97. The number of esters is 2. The minimum absolute atomic E-state index is 0.121. The Hall–Kier alpha value is -2.61. The molecule has 0 radical (unpaired) electrons. The Morgan fingerprint density at radius 1 is 1.40 bits per heavy atom. The predicted octanol–water partition coefficient (Wildman–Crippen LogP) is 2.47. The van der Waals surface area contributed by atoms with E-state index in [0.717, 1.165) is 0 Å². The average molecular weight is 273 g/mol. The lowest BCUT2D eigenvalue weighted by Crippen LogP contribution is -2.06.